The fraction of sp³-hybridized carbons (Fsp3) is 0.316. The summed E-state index contributed by atoms with van der Waals surface area (Å²) >= 11 is 1.63. The Labute approximate surface area is 161 Å². The third-order valence-corrected chi connectivity index (χ3v) is 4.80. The Bertz CT molecular complexity index is 874. The lowest BCUT2D eigenvalue weighted by atomic mass is 10.2. The maximum Gasteiger partial charge on any atom is 0.287 e. The molecule has 0 radical (unpaired) electrons. The number of likely N-dealkylation sites (N-methyl/N-ethyl adjacent to an activating group) is 1. The molecular weight excluding hydrogens is 364 g/mol. The molecule has 0 aliphatic carbocycles. The second kappa shape index (κ2) is 8.77. The van der Waals surface area contributed by atoms with E-state index in [1.54, 1.807) is 35.8 Å². The molecule has 3 rings (SSSR count). The molecule has 0 fully saturated rings. The van der Waals surface area contributed by atoms with E-state index in [0.29, 0.717) is 18.8 Å². The third kappa shape index (κ3) is 4.71. The number of imidazole rings is 1. The van der Waals surface area contributed by atoms with E-state index in [2.05, 4.69) is 15.3 Å². The number of aromatic amines is 1. The number of nitrogens with one attached hydrogen (secondary N) is 2. The number of furan rings is 1. The van der Waals surface area contributed by atoms with Crippen LogP contribution in [-0.2, 0) is 11.3 Å². The molecule has 0 aliphatic rings. The zero-order chi connectivity index (χ0) is 19.2. The summed E-state index contributed by atoms with van der Waals surface area (Å²) in [4.78, 5) is 34.5. The van der Waals surface area contributed by atoms with Gasteiger partial charge >= 0.3 is 0 Å². The number of benzene rings is 1. The minimum Gasteiger partial charge on any atom is -0.459 e. The average Bonchev–Trinajstić information content (AvgIpc) is 3.33. The molecule has 1 aromatic carbocycles. The first-order valence-electron chi connectivity index (χ1n) is 8.60. The fourth-order valence-electron chi connectivity index (χ4n) is 2.78. The SMILES string of the molecule is CSCC[C@H](NC(=O)c1ccco1)C(=O)N(C)Cc1nc2ccccc2[nH]1. The molecule has 2 amide bonds. The minimum atomic E-state index is -0.621. The van der Waals surface area contributed by atoms with E-state index in [4.69, 9.17) is 4.42 Å². The van der Waals surface area contributed by atoms with Gasteiger partial charge < -0.3 is 19.6 Å². The molecule has 3 aromatic rings. The Hall–Kier alpha value is -2.74. The fourth-order valence-corrected chi connectivity index (χ4v) is 3.25. The van der Waals surface area contributed by atoms with Crippen molar-refractivity contribution in [3.63, 3.8) is 0 Å². The van der Waals surface area contributed by atoms with Gasteiger partial charge in [0.2, 0.25) is 5.91 Å². The first-order chi connectivity index (χ1) is 13.1. The van der Waals surface area contributed by atoms with E-state index in [1.807, 2.05) is 30.5 Å². The van der Waals surface area contributed by atoms with Crippen LogP contribution in [0.5, 0.6) is 0 Å². The van der Waals surface area contributed by atoms with Crippen LogP contribution in [-0.4, -0.2) is 51.8 Å². The number of fused-ring (bicyclic) bond motifs is 1. The number of amides is 2. The van der Waals surface area contributed by atoms with Crippen molar-refractivity contribution < 1.29 is 14.0 Å². The van der Waals surface area contributed by atoms with Gasteiger partial charge in [0.25, 0.3) is 5.91 Å². The van der Waals surface area contributed by atoms with Crippen LogP contribution in [0, 0.1) is 0 Å². The summed E-state index contributed by atoms with van der Waals surface area (Å²) in [6.07, 6.45) is 3.94. The second-order valence-electron chi connectivity index (χ2n) is 6.18. The quantitative estimate of drug-likeness (QED) is 0.621. The number of aromatic nitrogens is 2. The lowest BCUT2D eigenvalue weighted by molar-refractivity contribution is -0.132. The molecule has 0 aliphatic heterocycles. The number of para-hydroxylation sites is 2. The van der Waals surface area contributed by atoms with E-state index in [-0.39, 0.29) is 11.7 Å². The molecule has 1 atom stereocenters. The zero-order valence-corrected chi connectivity index (χ0v) is 16.1. The number of rotatable bonds is 8. The largest absolute Gasteiger partial charge is 0.459 e. The van der Waals surface area contributed by atoms with Crippen LogP contribution in [0.1, 0.15) is 22.8 Å². The molecule has 0 saturated carbocycles. The van der Waals surface area contributed by atoms with Gasteiger partial charge in [0.1, 0.15) is 11.9 Å². The number of H-pyrrole nitrogens is 1. The molecule has 2 heterocycles. The van der Waals surface area contributed by atoms with E-state index >= 15 is 0 Å². The smallest absolute Gasteiger partial charge is 0.287 e. The van der Waals surface area contributed by atoms with E-state index in [1.165, 1.54) is 6.26 Å². The van der Waals surface area contributed by atoms with Crippen LogP contribution in [0.25, 0.3) is 11.0 Å². The van der Waals surface area contributed by atoms with Crippen molar-refractivity contribution in [1.29, 1.82) is 0 Å². The number of hydrogen-bond acceptors (Lipinski definition) is 5. The topological polar surface area (TPSA) is 91.2 Å². The van der Waals surface area contributed by atoms with Crippen molar-refractivity contribution in [3.8, 4) is 0 Å². The van der Waals surface area contributed by atoms with Gasteiger partial charge in [0, 0.05) is 7.05 Å². The summed E-state index contributed by atoms with van der Waals surface area (Å²) in [5, 5.41) is 2.78. The van der Waals surface area contributed by atoms with Gasteiger partial charge in [0.05, 0.1) is 23.8 Å². The van der Waals surface area contributed by atoms with E-state index in [9.17, 15) is 9.59 Å². The van der Waals surface area contributed by atoms with Crippen LogP contribution in [0.15, 0.2) is 47.1 Å². The number of nitrogens with zero attached hydrogens (tertiary/aromatic N) is 2. The van der Waals surface area contributed by atoms with Gasteiger partial charge in [-0.05, 0) is 42.7 Å². The average molecular weight is 386 g/mol. The molecule has 142 valence electrons. The summed E-state index contributed by atoms with van der Waals surface area (Å²) < 4.78 is 5.11. The molecule has 0 spiro atoms. The van der Waals surface area contributed by atoms with Crippen molar-refractivity contribution in [2.24, 2.45) is 0 Å². The Morgan fingerprint density at radius 2 is 2.11 bits per heavy atom. The summed E-state index contributed by atoms with van der Waals surface area (Å²) in [5.74, 6) is 1.10. The highest BCUT2D eigenvalue weighted by molar-refractivity contribution is 7.98. The molecule has 0 saturated heterocycles. The van der Waals surface area contributed by atoms with Crippen LogP contribution in [0.2, 0.25) is 0 Å². The van der Waals surface area contributed by atoms with Crippen LogP contribution < -0.4 is 5.32 Å². The zero-order valence-electron chi connectivity index (χ0n) is 15.3. The van der Waals surface area contributed by atoms with Gasteiger partial charge in [-0.1, -0.05) is 12.1 Å². The number of thioether (sulfide) groups is 1. The molecule has 8 heteroatoms. The number of carbonyl (C=O) groups is 2. The minimum absolute atomic E-state index is 0.163. The predicted molar refractivity (Wildman–Crippen MR) is 106 cm³/mol. The molecule has 7 nitrogen and oxygen atoms in total. The van der Waals surface area contributed by atoms with E-state index in [0.717, 1.165) is 16.8 Å². The van der Waals surface area contributed by atoms with Crippen molar-refractivity contribution in [2.75, 3.05) is 19.1 Å². The Morgan fingerprint density at radius 1 is 1.30 bits per heavy atom. The van der Waals surface area contributed by atoms with Gasteiger partial charge in [-0.15, -0.1) is 0 Å². The molecule has 2 N–H and O–H groups in total. The molecule has 0 bridgehead atoms. The molecule has 2 aromatic heterocycles. The maximum atomic E-state index is 12.9. The summed E-state index contributed by atoms with van der Waals surface area (Å²) in [7, 11) is 1.71. The molecular formula is C19H22N4O3S. The van der Waals surface area contributed by atoms with Crippen LogP contribution in [0.4, 0.5) is 0 Å². The van der Waals surface area contributed by atoms with Crippen molar-refractivity contribution in [3.05, 3.63) is 54.2 Å². The number of carbonyl (C=O) groups excluding carboxylic acids is 2. The normalized spacial score (nSPS) is 12.1. The highest BCUT2D eigenvalue weighted by Crippen LogP contribution is 2.13. The van der Waals surface area contributed by atoms with Gasteiger partial charge in [-0.25, -0.2) is 4.98 Å². The maximum absolute atomic E-state index is 12.9. The van der Waals surface area contributed by atoms with Crippen molar-refractivity contribution in [2.45, 2.75) is 19.0 Å². The lowest BCUT2D eigenvalue weighted by Crippen LogP contribution is -2.47. The molecule has 27 heavy (non-hydrogen) atoms. The molecule has 0 unspecified atom stereocenters. The first kappa shape index (κ1) is 19.0. The highest BCUT2D eigenvalue weighted by Gasteiger charge is 2.25. The highest BCUT2D eigenvalue weighted by atomic mass is 32.2. The second-order valence-corrected chi connectivity index (χ2v) is 7.17. The van der Waals surface area contributed by atoms with E-state index < -0.39 is 11.9 Å². The van der Waals surface area contributed by atoms with Gasteiger partial charge in [-0.3, -0.25) is 9.59 Å². The Morgan fingerprint density at radius 3 is 2.81 bits per heavy atom. The summed E-state index contributed by atoms with van der Waals surface area (Å²) in [5.41, 5.74) is 1.79. The van der Waals surface area contributed by atoms with Crippen molar-refractivity contribution >= 4 is 34.6 Å². The monoisotopic (exact) mass is 386 g/mol. The Balaban J connectivity index is 1.68. The lowest BCUT2D eigenvalue weighted by Gasteiger charge is -2.23. The van der Waals surface area contributed by atoms with Gasteiger partial charge in [0.15, 0.2) is 5.76 Å². The standard InChI is InChI=1S/C19H22N4O3S/c1-23(12-17-20-13-6-3-4-7-14(13)21-17)19(25)15(9-11-27-2)22-18(24)16-8-5-10-26-16/h3-8,10,15H,9,11-12H2,1-2H3,(H,20,21)(H,22,24)/t15-/m0/s1. The summed E-state index contributed by atoms with van der Waals surface area (Å²) in [6.45, 7) is 0.333. The van der Waals surface area contributed by atoms with Crippen LogP contribution in [0.3, 0.4) is 0 Å². The van der Waals surface area contributed by atoms with Crippen LogP contribution >= 0.6 is 11.8 Å². The van der Waals surface area contributed by atoms with Gasteiger partial charge in [-0.2, -0.15) is 11.8 Å². The van der Waals surface area contributed by atoms with Crippen molar-refractivity contribution in [1.82, 2.24) is 20.2 Å². The first-order valence-corrected chi connectivity index (χ1v) is 9.99. The summed E-state index contributed by atoms with van der Waals surface area (Å²) in [6, 6.07) is 10.3. The number of hydrogen-bond donors (Lipinski definition) is 2. The third-order valence-electron chi connectivity index (χ3n) is 4.16. The predicted octanol–water partition coefficient (Wildman–Crippen LogP) is 2.67. The Kier molecular flexibility index (Phi) is 6.18.